The molecule has 18 heavy (non-hydrogen) atoms. The van der Waals surface area contributed by atoms with Crippen molar-refractivity contribution in [3.63, 3.8) is 0 Å². The molecule has 0 saturated heterocycles. The van der Waals surface area contributed by atoms with E-state index in [2.05, 4.69) is 5.32 Å². The van der Waals surface area contributed by atoms with E-state index in [0.717, 1.165) is 36.8 Å². The third kappa shape index (κ3) is 3.03. The molecule has 0 aromatic heterocycles. The lowest BCUT2D eigenvalue weighted by molar-refractivity contribution is 0.0902. The molecule has 0 aliphatic heterocycles. The normalized spacial score (nSPS) is 17.0. The molecule has 3 N–H and O–H groups in total. The summed E-state index contributed by atoms with van der Waals surface area (Å²) in [6.45, 7) is 2.49. The summed E-state index contributed by atoms with van der Waals surface area (Å²) in [6.07, 6.45) is 4.32. The van der Waals surface area contributed by atoms with Gasteiger partial charge < -0.3 is 11.1 Å². The van der Waals surface area contributed by atoms with Crippen LogP contribution in [0.1, 0.15) is 41.6 Å². The Kier molecular flexibility index (Phi) is 5.17. The van der Waals surface area contributed by atoms with Gasteiger partial charge in [0.2, 0.25) is 0 Å². The zero-order valence-corrected chi connectivity index (χ0v) is 11.6. The molecule has 4 heteroatoms. The number of nitrogens with two attached hydrogens (primary N) is 1. The van der Waals surface area contributed by atoms with E-state index >= 15 is 0 Å². The van der Waals surface area contributed by atoms with Crippen molar-refractivity contribution in [1.82, 2.24) is 5.32 Å². The van der Waals surface area contributed by atoms with Crippen LogP contribution >= 0.6 is 12.4 Å². The zero-order valence-electron chi connectivity index (χ0n) is 10.7. The second-order valence-electron chi connectivity index (χ2n) is 4.96. The smallest absolute Gasteiger partial charge is 0.252 e. The molecule has 1 aromatic rings. The number of nitrogens with one attached hydrogen (secondary N) is 1. The Morgan fingerprint density at radius 3 is 2.50 bits per heavy atom. The maximum Gasteiger partial charge on any atom is 0.252 e. The summed E-state index contributed by atoms with van der Waals surface area (Å²) in [5.41, 5.74) is 7.42. The molecule has 0 radical (unpaired) electrons. The lowest BCUT2D eigenvalue weighted by atomic mass is 9.96. The second-order valence-corrected chi connectivity index (χ2v) is 4.96. The molecule has 1 aliphatic rings. The van der Waals surface area contributed by atoms with Gasteiger partial charge in [0.1, 0.15) is 0 Å². The Bertz CT molecular complexity index is 414. The van der Waals surface area contributed by atoms with Crippen LogP contribution in [0.25, 0.3) is 0 Å². The fourth-order valence-electron chi connectivity index (χ4n) is 2.57. The van der Waals surface area contributed by atoms with Crippen molar-refractivity contribution in [2.75, 3.05) is 6.54 Å². The number of hydrogen-bond donors (Lipinski definition) is 2. The maximum absolute atomic E-state index is 12.2. The summed E-state index contributed by atoms with van der Waals surface area (Å²) >= 11 is 0. The molecule has 100 valence electrons. The molecule has 0 atom stereocenters. The third-order valence-corrected chi connectivity index (χ3v) is 3.72. The number of carbonyl (C=O) groups is 1. The Morgan fingerprint density at radius 1 is 1.33 bits per heavy atom. The summed E-state index contributed by atoms with van der Waals surface area (Å²) in [4.78, 5) is 12.2. The molecule has 0 heterocycles. The van der Waals surface area contributed by atoms with Crippen LogP contribution in [0, 0.1) is 6.92 Å². The molecule has 1 aliphatic carbocycles. The first-order valence-electron chi connectivity index (χ1n) is 6.25. The molecule has 3 nitrogen and oxygen atoms in total. The van der Waals surface area contributed by atoms with Crippen molar-refractivity contribution in [3.05, 3.63) is 35.4 Å². The Labute approximate surface area is 115 Å². The van der Waals surface area contributed by atoms with E-state index in [1.807, 2.05) is 31.2 Å². The summed E-state index contributed by atoms with van der Waals surface area (Å²) in [6, 6.07) is 7.66. The zero-order chi connectivity index (χ0) is 12.3. The lowest BCUT2D eigenvalue weighted by Crippen LogP contribution is -2.51. The second kappa shape index (κ2) is 6.21. The van der Waals surface area contributed by atoms with Gasteiger partial charge in [-0.2, -0.15) is 0 Å². The van der Waals surface area contributed by atoms with Gasteiger partial charge in [0, 0.05) is 12.1 Å². The number of amides is 1. The van der Waals surface area contributed by atoms with Gasteiger partial charge in [-0.05, 0) is 31.4 Å². The summed E-state index contributed by atoms with van der Waals surface area (Å²) in [5, 5.41) is 3.14. The van der Waals surface area contributed by atoms with E-state index < -0.39 is 0 Å². The molecule has 1 amide bonds. The van der Waals surface area contributed by atoms with Crippen molar-refractivity contribution in [3.8, 4) is 0 Å². The number of rotatable bonds is 3. The minimum absolute atomic E-state index is 0. The first kappa shape index (κ1) is 15.0. The van der Waals surface area contributed by atoms with Crippen molar-refractivity contribution < 1.29 is 4.79 Å². The SMILES string of the molecule is Cc1ccccc1C(=O)NC1(CN)CCCC1.Cl. The quantitative estimate of drug-likeness (QED) is 0.885. The fraction of sp³-hybridized carbons (Fsp3) is 0.500. The van der Waals surface area contributed by atoms with Crippen molar-refractivity contribution in [2.45, 2.75) is 38.1 Å². The maximum atomic E-state index is 12.2. The molecule has 1 aromatic carbocycles. The van der Waals surface area contributed by atoms with E-state index in [-0.39, 0.29) is 23.9 Å². The van der Waals surface area contributed by atoms with Gasteiger partial charge in [-0.3, -0.25) is 4.79 Å². The number of halogens is 1. The summed E-state index contributed by atoms with van der Waals surface area (Å²) < 4.78 is 0. The van der Waals surface area contributed by atoms with Crippen LogP contribution in [0.5, 0.6) is 0 Å². The number of aryl methyl sites for hydroxylation is 1. The predicted molar refractivity (Wildman–Crippen MR) is 76.1 cm³/mol. The minimum Gasteiger partial charge on any atom is -0.345 e. The molecule has 0 bridgehead atoms. The molecule has 1 saturated carbocycles. The van der Waals surface area contributed by atoms with Crippen LogP contribution in [0.2, 0.25) is 0 Å². The molecule has 0 spiro atoms. The average molecular weight is 269 g/mol. The highest BCUT2D eigenvalue weighted by atomic mass is 35.5. The molecule has 2 rings (SSSR count). The molecular formula is C14H21ClN2O. The molecule has 0 unspecified atom stereocenters. The van der Waals surface area contributed by atoms with Gasteiger partial charge in [0.25, 0.3) is 5.91 Å². The van der Waals surface area contributed by atoms with E-state index in [0.29, 0.717) is 6.54 Å². The van der Waals surface area contributed by atoms with Gasteiger partial charge in [-0.1, -0.05) is 31.0 Å². The summed E-state index contributed by atoms with van der Waals surface area (Å²) in [5.74, 6) is 0.00968. The third-order valence-electron chi connectivity index (χ3n) is 3.72. The minimum atomic E-state index is -0.167. The van der Waals surface area contributed by atoms with Crippen LogP contribution in [0.15, 0.2) is 24.3 Å². The van der Waals surface area contributed by atoms with Crippen molar-refractivity contribution in [1.29, 1.82) is 0 Å². The molecule has 1 fully saturated rings. The fourth-order valence-corrected chi connectivity index (χ4v) is 2.57. The number of hydrogen-bond acceptors (Lipinski definition) is 2. The van der Waals surface area contributed by atoms with Crippen LogP contribution in [0.3, 0.4) is 0 Å². The van der Waals surface area contributed by atoms with Crippen molar-refractivity contribution >= 4 is 18.3 Å². The standard InChI is InChI=1S/C14H20N2O.ClH/c1-11-6-2-3-7-12(11)13(17)16-14(10-15)8-4-5-9-14;/h2-3,6-7H,4-5,8-10,15H2,1H3,(H,16,17);1H. The first-order valence-corrected chi connectivity index (χ1v) is 6.25. The van der Waals surface area contributed by atoms with Crippen LogP contribution in [0.4, 0.5) is 0 Å². The van der Waals surface area contributed by atoms with E-state index in [9.17, 15) is 4.79 Å². The van der Waals surface area contributed by atoms with Gasteiger partial charge in [-0.25, -0.2) is 0 Å². The highest BCUT2D eigenvalue weighted by Crippen LogP contribution is 2.29. The molecular weight excluding hydrogens is 248 g/mol. The number of carbonyl (C=O) groups excluding carboxylic acids is 1. The topological polar surface area (TPSA) is 55.1 Å². The summed E-state index contributed by atoms with van der Waals surface area (Å²) in [7, 11) is 0. The Morgan fingerprint density at radius 2 is 1.94 bits per heavy atom. The van der Waals surface area contributed by atoms with Gasteiger partial charge in [0.15, 0.2) is 0 Å². The Balaban J connectivity index is 0.00000162. The monoisotopic (exact) mass is 268 g/mol. The highest BCUT2D eigenvalue weighted by Gasteiger charge is 2.34. The predicted octanol–water partition coefficient (Wildman–Crippen LogP) is 2.42. The Hall–Kier alpha value is -1.06. The number of benzene rings is 1. The van der Waals surface area contributed by atoms with Crippen LogP contribution < -0.4 is 11.1 Å². The average Bonchev–Trinajstić information content (AvgIpc) is 2.79. The van der Waals surface area contributed by atoms with Crippen LogP contribution in [-0.2, 0) is 0 Å². The lowest BCUT2D eigenvalue weighted by Gasteiger charge is -2.29. The van der Waals surface area contributed by atoms with Gasteiger partial charge >= 0.3 is 0 Å². The van der Waals surface area contributed by atoms with E-state index in [1.165, 1.54) is 0 Å². The van der Waals surface area contributed by atoms with Crippen LogP contribution in [-0.4, -0.2) is 18.0 Å². The van der Waals surface area contributed by atoms with E-state index in [1.54, 1.807) is 0 Å². The highest BCUT2D eigenvalue weighted by molar-refractivity contribution is 5.96. The van der Waals surface area contributed by atoms with Crippen molar-refractivity contribution in [2.24, 2.45) is 5.73 Å². The van der Waals surface area contributed by atoms with Gasteiger partial charge in [0.05, 0.1) is 5.54 Å². The van der Waals surface area contributed by atoms with E-state index in [4.69, 9.17) is 5.73 Å². The largest absolute Gasteiger partial charge is 0.345 e. The first-order chi connectivity index (χ1) is 8.17. The van der Waals surface area contributed by atoms with Gasteiger partial charge in [-0.15, -0.1) is 12.4 Å².